The van der Waals surface area contributed by atoms with Gasteiger partial charge in [-0.1, -0.05) is 77.3 Å². The molecule has 0 bridgehead atoms. The van der Waals surface area contributed by atoms with E-state index >= 15 is 0 Å². The molecular formula is C29H37F5O4. The topological polar surface area (TPSA) is 44.8 Å². The van der Waals surface area contributed by atoms with Crippen LogP contribution in [-0.4, -0.2) is 25.0 Å². The average Bonchev–Trinajstić information content (AvgIpc) is 2.88. The Kier molecular flexibility index (Phi) is 13.4. The number of rotatable bonds is 16. The summed E-state index contributed by atoms with van der Waals surface area (Å²) < 4.78 is 83.7. The van der Waals surface area contributed by atoms with Gasteiger partial charge in [-0.2, -0.15) is 17.6 Å². The van der Waals surface area contributed by atoms with Crippen LogP contribution in [0.15, 0.2) is 36.4 Å². The van der Waals surface area contributed by atoms with Crippen LogP contribution in [0.25, 0.3) is 11.1 Å². The fraction of sp³-hybridized carbons (Fsp3) is 0.552. The molecule has 2 aromatic carbocycles. The van der Waals surface area contributed by atoms with Crippen molar-refractivity contribution in [1.82, 2.24) is 0 Å². The first-order valence-corrected chi connectivity index (χ1v) is 13.3. The van der Waals surface area contributed by atoms with Crippen molar-refractivity contribution in [2.45, 2.75) is 96.8 Å². The van der Waals surface area contributed by atoms with Crippen LogP contribution >= 0.6 is 0 Å². The van der Waals surface area contributed by atoms with E-state index in [-0.39, 0.29) is 12.0 Å². The van der Waals surface area contributed by atoms with Gasteiger partial charge in [0.25, 0.3) is 0 Å². The van der Waals surface area contributed by atoms with Gasteiger partial charge in [0.1, 0.15) is 5.75 Å². The van der Waals surface area contributed by atoms with E-state index in [0.717, 1.165) is 31.7 Å². The Labute approximate surface area is 221 Å². The molecule has 2 rings (SSSR count). The maximum Gasteiger partial charge on any atom is 0.514 e. The molecule has 1 atom stereocenters. The molecule has 212 valence electrons. The van der Waals surface area contributed by atoms with Gasteiger partial charge in [0.2, 0.25) is 11.9 Å². The molecule has 38 heavy (non-hydrogen) atoms. The van der Waals surface area contributed by atoms with Crippen LogP contribution < -0.4 is 9.47 Å². The number of carbonyl (C=O) groups is 1. The molecule has 9 heteroatoms. The summed E-state index contributed by atoms with van der Waals surface area (Å²) in [6, 6.07) is 8.57. The van der Waals surface area contributed by atoms with Crippen molar-refractivity contribution in [3.63, 3.8) is 0 Å². The molecule has 0 spiro atoms. The van der Waals surface area contributed by atoms with Crippen molar-refractivity contribution in [1.29, 1.82) is 0 Å². The minimum Gasteiger partial charge on any atom is -0.494 e. The highest BCUT2D eigenvalue weighted by atomic mass is 19.4. The number of halogens is 5. The van der Waals surface area contributed by atoms with Crippen LogP contribution in [-0.2, 0) is 4.74 Å². The molecule has 0 amide bonds. The van der Waals surface area contributed by atoms with Crippen LogP contribution in [0.3, 0.4) is 0 Å². The van der Waals surface area contributed by atoms with Gasteiger partial charge < -0.3 is 14.2 Å². The molecule has 0 aliphatic carbocycles. The molecule has 0 aliphatic heterocycles. The molecular weight excluding hydrogens is 507 g/mol. The summed E-state index contributed by atoms with van der Waals surface area (Å²) >= 11 is 0. The van der Waals surface area contributed by atoms with Crippen LogP contribution in [0.4, 0.5) is 26.7 Å². The summed E-state index contributed by atoms with van der Waals surface area (Å²) in [5.74, 6) is -3.07. The van der Waals surface area contributed by atoms with E-state index in [4.69, 9.17) is 4.74 Å². The number of hydrogen-bond donors (Lipinski definition) is 0. The lowest BCUT2D eigenvalue weighted by atomic mass is 10.0. The van der Waals surface area contributed by atoms with Crippen molar-refractivity contribution in [2.75, 3.05) is 6.61 Å². The highest BCUT2D eigenvalue weighted by Gasteiger charge is 2.43. The predicted molar refractivity (Wildman–Crippen MR) is 136 cm³/mol. The summed E-state index contributed by atoms with van der Waals surface area (Å²) in [4.78, 5) is 11.9. The quantitative estimate of drug-likeness (QED) is 0.0913. The van der Waals surface area contributed by atoms with Crippen molar-refractivity contribution < 1.29 is 41.0 Å². The predicted octanol–water partition coefficient (Wildman–Crippen LogP) is 9.79. The molecule has 0 saturated heterocycles. The van der Waals surface area contributed by atoms with Crippen molar-refractivity contribution in [3.8, 4) is 22.6 Å². The second-order valence-electron chi connectivity index (χ2n) is 9.23. The van der Waals surface area contributed by atoms with E-state index < -0.39 is 42.2 Å². The Balaban J connectivity index is 1.96. The van der Waals surface area contributed by atoms with Crippen LogP contribution in [0.5, 0.6) is 11.5 Å². The van der Waals surface area contributed by atoms with Gasteiger partial charge in [0.05, 0.1) is 6.61 Å². The molecule has 1 unspecified atom stereocenters. The SMILES string of the molecule is CCCCCCCCOc1ccc(-c2ccc(OC(=O)OC(CCCCCC)C(F)(F)F)c(F)c2F)cc1. The Morgan fingerprint density at radius 2 is 1.39 bits per heavy atom. The minimum atomic E-state index is -4.80. The number of hydrogen-bond acceptors (Lipinski definition) is 4. The van der Waals surface area contributed by atoms with E-state index in [9.17, 15) is 26.7 Å². The van der Waals surface area contributed by atoms with E-state index in [0.29, 0.717) is 24.3 Å². The highest BCUT2D eigenvalue weighted by molar-refractivity contribution is 5.68. The van der Waals surface area contributed by atoms with Gasteiger partial charge in [-0.3, -0.25) is 0 Å². The first-order valence-electron chi connectivity index (χ1n) is 13.3. The van der Waals surface area contributed by atoms with Gasteiger partial charge in [-0.15, -0.1) is 0 Å². The third-order valence-electron chi connectivity index (χ3n) is 6.10. The lowest BCUT2D eigenvalue weighted by Gasteiger charge is -2.20. The highest BCUT2D eigenvalue weighted by Crippen LogP contribution is 2.32. The Bertz CT molecular complexity index is 976. The van der Waals surface area contributed by atoms with Gasteiger partial charge in [0, 0.05) is 5.56 Å². The molecule has 0 heterocycles. The number of carbonyl (C=O) groups excluding carboxylic acids is 1. The lowest BCUT2D eigenvalue weighted by Crippen LogP contribution is -2.34. The van der Waals surface area contributed by atoms with Crippen molar-refractivity contribution in [3.05, 3.63) is 48.0 Å². The van der Waals surface area contributed by atoms with Gasteiger partial charge in [-0.25, -0.2) is 9.18 Å². The second-order valence-corrected chi connectivity index (χ2v) is 9.23. The standard InChI is InChI=1S/C29H37F5O4/c1-3-5-7-9-10-12-20-36-22-16-14-21(15-17-22)23-18-19-24(27(31)26(23)30)37-28(35)38-25(29(32,33)34)13-11-8-6-4-2/h14-19,25H,3-13,20H2,1-2H3. The molecule has 0 radical (unpaired) electrons. The molecule has 0 aliphatic rings. The number of alkyl halides is 3. The van der Waals surface area contributed by atoms with Crippen LogP contribution in [0.2, 0.25) is 0 Å². The van der Waals surface area contributed by atoms with Crippen molar-refractivity contribution >= 4 is 6.16 Å². The average molecular weight is 545 g/mol. The number of benzene rings is 2. The molecule has 2 aromatic rings. The Morgan fingerprint density at radius 1 is 0.789 bits per heavy atom. The fourth-order valence-corrected chi connectivity index (χ4v) is 3.91. The summed E-state index contributed by atoms with van der Waals surface area (Å²) in [6.45, 7) is 4.64. The van der Waals surface area contributed by atoms with E-state index in [1.165, 1.54) is 31.7 Å². The lowest BCUT2D eigenvalue weighted by molar-refractivity contribution is -0.208. The maximum atomic E-state index is 14.7. The first kappa shape index (κ1) is 31.4. The summed E-state index contributed by atoms with van der Waals surface area (Å²) in [6.07, 6.45) is -0.229. The summed E-state index contributed by atoms with van der Waals surface area (Å²) in [5, 5.41) is 0. The van der Waals surface area contributed by atoms with Crippen LogP contribution in [0, 0.1) is 11.6 Å². The third-order valence-corrected chi connectivity index (χ3v) is 6.10. The van der Waals surface area contributed by atoms with Crippen molar-refractivity contribution in [2.24, 2.45) is 0 Å². The van der Waals surface area contributed by atoms with Gasteiger partial charge in [0.15, 0.2) is 11.6 Å². The van der Waals surface area contributed by atoms with Gasteiger partial charge in [-0.05, 0) is 49.1 Å². The summed E-state index contributed by atoms with van der Waals surface area (Å²) in [5.41, 5.74) is 0.251. The maximum absolute atomic E-state index is 14.7. The third kappa shape index (κ3) is 10.5. The van der Waals surface area contributed by atoms with Crippen LogP contribution in [0.1, 0.15) is 84.5 Å². The molecule has 0 fully saturated rings. The number of unbranched alkanes of at least 4 members (excludes halogenated alkanes) is 8. The van der Waals surface area contributed by atoms with E-state index in [1.54, 1.807) is 24.3 Å². The minimum absolute atomic E-state index is 0.102. The number of ether oxygens (including phenoxy) is 3. The smallest absolute Gasteiger partial charge is 0.494 e. The van der Waals surface area contributed by atoms with E-state index in [2.05, 4.69) is 16.4 Å². The monoisotopic (exact) mass is 544 g/mol. The normalized spacial score (nSPS) is 12.3. The zero-order valence-electron chi connectivity index (χ0n) is 22.0. The zero-order chi connectivity index (χ0) is 28.0. The van der Waals surface area contributed by atoms with Gasteiger partial charge >= 0.3 is 12.3 Å². The molecule has 0 saturated carbocycles. The first-order chi connectivity index (χ1) is 18.2. The largest absolute Gasteiger partial charge is 0.514 e. The Morgan fingerprint density at radius 3 is 2.03 bits per heavy atom. The zero-order valence-corrected chi connectivity index (χ0v) is 22.0. The molecule has 0 N–H and O–H groups in total. The Hall–Kier alpha value is -2.84. The molecule has 0 aromatic heterocycles. The summed E-state index contributed by atoms with van der Waals surface area (Å²) in [7, 11) is 0. The van der Waals surface area contributed by atoms with E-state index in [1.807, 2.05) is 6.92 Å². The molecule has 4 nitrogen and oxygen atoms in total. The fourth-order valence-electron chi connectivity index (χ4n) is 3.91. The second kappa shape index (κ2) is 16.2.